The molecule has 19 heavy (non-hydrogen) atoms. The van der Waals surface area contributed by atoms with Gasteiger partial charge in [0.15, 0.2) is 0 Å². The molecule has 0 aliphatic rings. The summed E-state index contributed by atoms with van der Waals surface area (Å²) in [7, 11) is -3.47. The average molecular weight is 339 g/mol. The van der Waals surface area contributed by atoms with Crippen LogP contribution in [0, 0.1) is 0 Å². The van der Waals surface area contributed by atoms with Crippen molar-refractivity contribution in [3.05, 3.63) is 17.0 Å². The second-order valence-corrected chi connectivity index (χ2v) is 8.85. The molecular formula is C11H18N2O2S4. The smallest absolute Gasteiger partial charge is 0.250 e. The third kappa shape index (κ3) is 5.39. The number of nitrogens with one attached hydrogen (secondary N) is 1. The van der Waals surface area contributed by atoms with E-state index in [4.69, 9.17) is 18.0 Å². The molecule has 1 heterocycles. The summed E-state index contributed by atoms with van der Waals surface area (Å²) >= 11 is 7.72. The van der Waals surface area contributed by atoms with Gasteiger partial charge < -0.3 is 5.73 Å². The van der Waals surface area contributed by atoms with Crippen molar-refractivity contribution in [2.24, 2.45) is 5.73 Å². The first kappa shape index (κ1) is 16.9. The van der Waals surface area contributed by atoms with E-state index in [0.717, 1.165) is 29.3 Å². The van der Waals surface area contributed by atoms with Crippen LogP contribution < -0.4 is 10.5 Å². The van der Waals surface area contributed by atoms with Gasteiger partial charge >= 0.3 is 0 Å². The van der Waals surface area contributed by atoms with E-state index in [9.17, 15) is 8.42 Å². The topological polar surface area (TPSA) is 72.2 Å². The SMILES string of the molecule is CCSCCC(C)NS(=O)(=O)c1ccc(C(N)=S)s1. The van der Waals surface area contributed by atoms with Crippen molar-refractivity contribution < 1.29 is 8.42 Å². The number of sulfonamides is 1. The molecule has 0 radical (unpaired) electrons. The largest absolute Gasteiger partial charge is 0.389 e. The summed E-state index contributed by atoms with van der Waals surface area (Å²) in [5.74, 6) is 1.99. The molecule has 0 spiro atoms. The van der Waals surface area contributed by atoms with Gasteiger partial charge in [-0.25, -0.2) is 13.1 Å². The molecule has 0 saturated heterocycles. The van der Waals surface area contributed by atoms with E-state index in [-0.39, 0.29) is 15.2 Å². The highest BCUT2D eigenvalue weighted by Gasteiger charge is 2.19. The number of thiophene rings is 1. The summed E-state index contributed by atoms with van der Waals surface area (Å²) in [5, 5.41) is 0. The Morgan fingerprint density at radius 1 is 1.58 bits per heavy atom. The van der Waals surface area contributed by atoms with Crippen LogP contribution in [0.1, 0.15) is 25.1 Å². The van der Waals surface area contributed by atoms with Crippen molar-refractivity contribution in [3.8, 4) is 0 Å². The summed E-state index contributed by atoms with van der Waals surface area (Å²) < 4.78 is 27.2. The van der Waals surface area contributed by atoms with E-state index in [1.807, 2.05) is 6.92 Å². The number of hydrogen-bond acceptors (Lipinski definition) is 5. The monoisotopic (exact) mass is 338 g/mol. The Morgan fingerprint density at radius 2 is 2.26 bits per heavy atom. The Bertz CT molecular complexity index is 525. The molecule has 0 bridgehead atoms. The number of nitrogens with two attached hydrogens (primary N) is 1. The number of thiocarbonyl (C=S) groups is 1. The molecule has 3 N–H and O–H groups in total. The van der Waals surface area contributed by atoms with E-state index < -0.39 is 10.0 Å². The van der Waals surface area contributed by atoms with Gasteiger partial charge in [0, 0.05) is 6.04 Å². The maximum atomic E-state index is 12.1. The first-order valence-corrected chi connectivity index (χ1v) is 9.72. The van der Waals surface area contributed by atoms with Gasteiger partial charge in [0.1, 0.15) is 9.20 Å². The Hall–Kier alpha value is -0.150. The van der Waals surface area contributed by atoms with Crippen molar-refractivity contribution in [2.45, 2.75) is 30.5 Å². The van der Waals surface area contributed by atoms with Gasteiger partial charge in [-0.15, -0.1) is 11.3 Å². The van der Waals surface area contributed by atoms with Crippen LogP contribution in [0.15, 0.2) is 16.3 Å². The number of hydrogen-bond donors (Lipinski definition) is 2. The number of thioether (sulfide) groups is 1. The van der Waals surface area contributed by atoms with E-state index in [1.165, 1.54) is 6.07 Å². The fraction of sp³-hybridized carbons (Fsp3) is 0.545. The second kappa shape index (κ2) is 7.58. The predicted molar refractivity (Wildman–Crippen MR) is 87.6 cm³/mol. The van der Waals surface area contributed by atoms with Crippen LogP contribution in [0.3, 0.4) is 0 Å². The minimum absolute atomic E-state index is 0.0839. The number of rotatable bonds is 8. The molecule has 0 fully saturated rings. The third-order valence-electron chi connectivity index (χ3n) is 2.34. The quantitative estimate of drug-likeness (QED) is 0.561. The van der Waals surface area contributed by atoms with Crippen LogP contribution in [-0.4, -0.2) is 31.0 Å². The maximum absolute atomic E-state index is 12.1. The molecule has 1 aromatic heterocycles. The molecule has 108 valence electrons. The van der Waals surface area contributed by atoms with Gasteiger partial charge in [-0.2, -0.15) is 11.8 Å². The molecule has 0 aliphatic heterocycles. The Balaban J connectivity index is 2.66. The fourth-order valence-electron chi connectivity index (χ4n) is 1.38. The predicted octanol–water partition coefficient (Wildman–Crippen LogP) is 2.19. The fourth-order valence-corrected chi connectivity index (χ4v) is 4.84. The van der Waals surface area contributed by atoms with Gasteiger partial charge in [-0.3, -0.25) is 0 Å². The highest BCUT2D eigenvalue weighted by molar-refractivity contribution is 7.99. The van der Waals surface area contributed by atoms with Crippen LogP contribution in [0.2, 0.25) is 0 Å². The molecule has 1 aromatic rings. The van der Waals surface area contributed by atoms with Crippen molar-refractivity contribution in [1.29, 1.82) is 0 Å². The minimum atomic E-state index is -3.47. The zero-order valence-electron chi connectivity index (χ0n) is 10.9. The van der Waals surface area contributed by atoms with Gasteiger partial charge in [-0.05, 0) is 37.0 Å². The lowest BCUT2D eigenvalue weighted by Gasteiger charge is -2.12. The standard InChI is InChI=1S/C11H18N2O2S4/c1-3-17-7-6-8(2)13-19(14,15)10-5-4-9(18-10)11(12)16/h4-5,8,13H,3,6-7H2,1-2H3,(H2,12,16). The molecule has 1 unspecified atom stereocenters. The molecule has 1 rings (SSSR count). The minimum Gasteiger partial charge on any atom is -0.389 e. The van der Waals surface area contributed by atoms with Crippen molar-refractivity contribution >= 4 is 50.3 Å². The summed E-state index contributed by atoms with van der Waals surface area (Å²) in [6.45, 7) is 3.96. The summed E-state index contributed by atoms with van der Waals surface area (Å²) in [6, 6.07) is 3.09. The highest BCUT2D eigenvalue weighted by Crippen LogP contribution is 2.21. The van der Waals surface area contributed by atoms with Crippen molar-refractivity contribution in [3.63, 3.8) is 0 Å². The van der Waals surface area contributed by atoms with E-state index in [1.54, 1.807) is 17.8 Å². The van der Waals surface area contributed by atoms with Gasteiger partial charge in [0.05, 0.1) is 4.88 Å². The van der Waals surface area contributed by atoms with Crippen LogP contribution in [0.25, 0.3) is 0 Å². The Morgan fingerprint density at radius 3 is 2.79 bits per heavy atom. The molecule has 1 atom stereocenters. The Kier molecular flexibility index (Phi) is 6.75. The molecular weight excluding hydrogens is 320 g/mol. The molecule has 4 nitrogen and oxygen atoms in total. The molecule has 0 saturated carbocycles. The van der Waals surface area contributed by atoms with Gasteiger partial charge in [0.2, 0.25) is 10.0 Å². The van der Waals surface area contributed by atoms with Crippen LogP contribution in [0.4, 0.5) is 0 Å². The highest BCUT2D eigenvalue weighted by atomic mass is 32.2. The van der Waals surface area contributed by atoms with Crippen molar-refractivity contribution in [1.82, 2.24) is 4.72 Å². The Labute approximate surface area is 128 Å². The lowest BCUT2D eigenvalue weighted by Crippen LogP contribution is -2.32. The van der Waals surface area contributed by atoms with Crippen LogP contribution in [0.5, 0.6) is 0 Å². The molecule has 0 aliphatic carbocycles. The lowest BCUT2D eigenvalue weighted by atomic mass is 10.3. The van der Waals surface area contributed by atoms with Gasteiger partial charge in [0.25, 0.3) is 0 Å². The zero-order chi connectivity index (χ0) is 14.5. The normalized spacial score (nSPS) is 13.4. The van der Waals surface area contributed by atoms with E-state index in [2.05, 4.69) is 11.6 Å². The summed E-state index contributed by atoms with van der Waals surface area (Å²) in [4.78, 5) is 0.836. The van der Waals surface area contributed by atoms with Crippen molar-refractivity contribution in [2.75, 3.05) is 11.5 Å². The zero-order valence-corrected chi connectivity index (χ0v) is 14.1. The second-order valence-electron chi connectivity index (χ2n) is 3.99. The maximum Gasteiger partial charge on any atom is 0.250 e. The lowest BCUT2D eigenvalue weighted by molar-refractivity contribution is 0.559. The van der Waals surface area contributed by atoms with E-state index in [0.29, 0.717) is 4.88 Å². The van der Waals surface area contributed by atoms with Crippen LogP contribution in [-0.2, 0) is 10.0 Å². The first-order chi connectivity index (χ1) is 8.86. The van der Waals surface area contributed by atoms with Gasteiger partial charge in [-0.1, -0.05) is 19.1 Å². The summed E-state index contributed by atoms with van der Waals surface area (Å²) in [6.07, 6.45) is 0.811. The summed E-state index contributed by atoms with van der Waals surface area (Å²) in [5.41, 5.74) is 5.48. The average Bonchev–Trinajstić information content (AvgIpc) is 2.78. The first-order valence-electron chi connectivity index (χ1n) is 5.86. The van der Waals surface area contributed by atoms with Crippen LogP contribution >= 0.6 is 35.3 Å². The molecule has 8 heteroatoms. The molecule has 0 amide bonds. The third-order valence-corrected chi connectivity index (χ3v) is 6.83. The van der Waals surface area contributed by atoms with E-state index >= 15 is 0 Å². The molecule has 0 aromatic carbocycles.